The fourth-order valence-electron chi connectivity index (χ4n) is 2.66. The number of fused-ring (bicyclic) bond motifs is 1. The number of nitriles is 1. The van der Waals surface area contributed by atoms with Crippen LogP contribution in [0.3, 0.4) is 0 Å². The Morgan fingerprint density at radius 3 is 2.61 bits per heavy atom. The lowest BCUT2D eigenvalue weighted by molar-refractivity contribution is 0.102. The Bertz CT molecular complexity index is 1210. The summed E-state index contributed by atoms with van der Waals surface area (Å²) < 4.78 is 0. The molecule has 0 atom stereocenters. The van der Waals surface area contributed by atoms with Crippen molar-refractivity contribution in [3.05, 3.63) is 83.1 Å². The van der Waals surface area contributed by atoms with Crippen LogP contribution in [0.5, 0.6) is 0 Å². The molecule has 0 aliphatic carbocycles. The largest absolute Gasteiger partial charge is 0.305 e. The Kier molecular flexibility index (Phi) is 4.67. The highest BCUT2D eigenvalue weighted by Crippen LogP contribution is 2.24. The number of anilines is 1. The highest BCUT2D eigenvalue weighted by Gasteiger charge is 2.12. The molecular formula is C21H12ClN5O. The van der Waals surface area contributed by atoms with Crippen LogP contribution in [0.2, 0.25) is 5.02 Å². The minimum atomic E-state index is -0.372. The van der Waals surface area contributed by atoms with Gasteiger partial charge in [0, 0.05) is 23.3 Å². The summed E-state index contributed by atoms with van der Waals surface area (Å²) in [5.74, 6) is -0.127. The first-order chi connectivity index (χ1) is 13.6. The summed E-state index contributed by atoms with van der Waals surface area (Å²) in [6.45, 7) is 0. The Morgan fingerprint density at radius 2 is 1.89 bits per heavy atom. The van der Waals surface area contributed by atoms with E-state index in [0.29, 0.717) is 27.5 Å². The number of hydrogen-bond donors (Lipinski definition) is 1. The fourth-order valence-corrected chi connectivity index (χ4v) is 2.87. The molecule has 1 amide bonds. The van der Waals surface area contributed by atoms with E-state index in [9.17, 15) is 4.79 Å². The van der Waals surface area contributed by atoms with Gasteiger partial charge in [0.15, 0.2) is 11.5 Å². The van der Waals surface area contributed by atoms with Crippen LogP contribution in [0.4, 0.5) is 5.82 Å². The van der Waals surface area contributed by atoms with Gasteiger partial charge in [-0.2, -0.15) is 5.26 Å². The van der Waals surface area contributed by atoms with Crippen molar-refractivity contribution < 1.29 is 4.79 Å². The summed E-state index contributed by atoms with van der Waals surface area (Å²) in [7, 11) is 0. The predicted octanol–water partition coefficient (Wildman–Crippen LogP) is 4.47. The quantitative estimate of drug-likeness (QED) is 0.561. The molecule has 0 saturated heterocycles. The van der Waals surface area contributed by atoms with Crippen molar-refractivity contribution >= 4 is 34.4 Å². The number of benzene rings is 1. The first-order valence-corrected chi connectivity index (χ1v) is 8.71. The van der Waals surface area contributed by atoms with Crippen LogP contribution in [0.25, 0.3) is 22.3 Å². The molecule has 0 bridgehead atoms. The highest BCUT2D eigenvalue weighted by atomic mass is 35.5. The zero-order chi connectivity index (χ0) is 19.5. The molecule has 0 unspecified atom stereocenters. The van der Waals surface area contributed by atoms with Gasteiger partial charge in [0.2, 0.25) is 0 Å². The van der Waals surface area contributed by atoms with E-state index >= 15 is 0 Å². The first kappa shape index (κ1) is 17.6. The standard InChI is InChI=1S/C21H12ClN5O/c22-17-10-15-2-1-9-24-19(15)26-20(17)27-21(28)16-7-8-18(25-12-16)14-5-3-13(11-23)4-6-14/h1-10,12H,(H,24,26,27,28). The van der Waals surface area contributed by atoms with Gasteiger partial charge in [-0.3, -0.25) is 9.78 Å². The molecule has 0 spiro atoms. The fraction of sp³-hybridized carbons (Fsp3) is 0. The summed E-state index contributed by atoms with van der Waals surface area (Å²) in [5.41, 5.74) is 3.00. The van der Waals surface area contributed by atoms with Crippen molar-refractivity contribution in [3.8, 4) is 17.3 Å². The number of hydrogen-bond acceptors (Lipinski definition) is 5. The number of nitrogens with one attached hydrogen (secondary N) is 1. The van der Waals surface area contributed by atoms with Gasteiger partial charge in [-0.15, -0.1) is 0 Å². The molecule has 1 aromatic carbocycles. The van der Waals surface area contributed by atoms with Gasteiger partial charge < -0.3 is 5.32 Å². The molecule has 0 saturated carbocycles. The zero-order valence-corrected chi connectivity index (χ0v) is 15.2. The predicted molar refractivity (Wildman–Crippen MR) is 107 cm³/mol. The number of pyridine rings is 3. The lowest BCUT2D eigenvalue weighted by atomic mass is 10.1. The van der Waals surface area contributed by atoms with E-state index < -0.39 is 0 Å². The van der Waals surface area contributed by atoms with E-state index in [-0.39, 0.29) is 11.7 Å². The summed E-state index contributed by atoms with van der Waals surface area (Å²) in [6.07, 6.45) is 3.11. The molecule has 3 aromatic heterocycles. The third kappa shape index (κ3) is 3.52. The molecule has 4 aromatic rings. The molecule has 6 nitrogen and oxygen atoms in total. The van der Waals surface area contributed by atoms with Gasteiger partial charge in [0.05, 0.1) is 27.9 Å². The molecule has 0 fully saturated rings. The smallest absolute Gasteiger partial charge is 0.258 e. The van der Waals surface area contributed by atoms with E-state index in [0.717, 1.165) is 10.9 Å². The van der Waals surface area contributed by atoms with Gasteiger partial charge in [-0.25, -0.2) is 9.97 Å². The van der Waals surface area contributed by atoms with Gasteiger partial charge in [0.25, 0.3) is 5.91 Å². The maximum Gasteiger partial charge on any atom is 0.258 e. The van der Waals surface area contributed by atoms with E-state index in [1.807, 2.05) is 18.2 Å². The molecule has 28 heavy (non-hydrogen) atoms. The van der Waals surface area contributed by atoms with E-state index in [4.69, 9.17) is 16.9 Å². The third-order valence-electron chi connectivity index (χ3n) is 4.11. The Morgan fingerprint density at radius 1 is 1.07 bits per heavy atom. The van der Waals surface area contributed by atoms with Crippen molar-refractivity contribution in [2.45, 2.75) is 0 Å². The van der Waals surface area contributed by atoms with Crippen molar-refractivity contribution in [1.29, 1.82) is 5.26 Å². The first-order valence-electron chi connectivity index (χ1n) is 8.33. The molecule has 0 aliphatic rings. The van der Waals surface area contributed by atoms with Crippen molar-refractivity contribution in [3.63, 3.8) is 0 Å². The van der Waals surface area contributed by atoms with Crippen LogP contribution >= 0.6 is 11.6 Å². The molecule has 134 valence electrons. The zero-order valence-electron chi connectivity index (χ0n) is 14.4. The Hall–Kier alpha value is -3.82. The normalized spacial score (nSPS) is 10.4. The number of amides is 1. The molecule has 7 heteroatoms. The van der Waals surface area contributed by atoms with Gasteiger partial charge in [0.1, 0.15) is 0 Å². The van der Waals surface area contributed by atoms with Gasteiger partial charge >= 0.3 is 0 Å². The average molecular weight is 386 g/mol. The van der Waals surface area contributed by atoms with Gasteiger partial charge in [-0.05, 0) is 42.5 Å². The topological polar surface area (TPSA) is 91.6 Å². The molecular weight excluding hydrogens is 374 g/mol. The van der Waals surface area contributed by atoms with Crippen LogP contribution in [-0.4, -0.2) is 20.9 Å². The number of carbonyl (C=O) groups is 1. The minimum Gasteiger partial charge on any atom is -0.305 e. The Balaban J connectivity index is 1.55. The monoisotopic (exact) mass is 385 g/mol. The number of carbonyl (C=O) groups excluding carboxylic acids is 1. The highest BCUT2D eigenvalue weighted by molar-refractivity contribution is 6.34. The SMILES string of the molecule is N#Cc1ccc(-c2ccc(C(=O)Nc3nc4ncccc4cc3Cl)cn2)cc1. The lowest BCUT2D eigenvalue weighted by Gasteiger charge is -2.08. The van der Waals surface area contributed by atoms with Crippen LogP contribution < -0.4 is 5.32 Å². The lowest BCUT2D eigenvalue weighted by Crippen LogP contribution is -2.14. The number of nitrogens with zero attached hydrogens (tertiary/aromatic N) is 4. The van der Waals surface area contributed by atoms with E-state index in [1.54, 1.807) is 42.6 Å². The van der Waals surface area contributed by atoms with Gasteiger partial charge in [-0.1, -0.05) is 23.7 Å². The maximum atomic E-state index is 12.5. The summed E-state index contributed by atoms with van der Waals surface area (Å²) in [6, 6.07) is 17.9. The second kappa shape index (κ2) is 7.43. The van der Waals surface area contributed by atoms with Crippen LogP contribution in [0.1, 0.15) is 15.9 Å². The molecule has 0 radical (unpaired) electrons. The Labute approximate surface area is 165 Å². The third-order valence-corrected chi connectivity index (χ3v) is 4.40. The van der Waals surface area contributed by atoms with Crippen LogP contribution in [0.15, 0.2) is 67.0 Å². The molecule has 0 aliphatic heterocycles. The van der Waals surface area contributed by atoms with Crippen molar-refractivity contribution in [1.82, 2.24) is 15.0 Å². The van der Waals surface area contributed by atoms with Crippen molar-refractivity contribution in [2.24, 2.45) is 0 Å². The second-order valence-corrected chi connectivity index (χ2v) is 6.35. The average Bonchev–Trinajstić information content (AvgIpc) is 2.74. The van der Waals surface area contributed by atoms with E-state index in [2.05, 4.69) is 26.3 Å². The van der Waals surface area contributed by atoms with Crippen LogP contribution in [-0.2, 0) is 0 Å². The molecule has 3 heterocycles. The van der Waals surface area contributed by atoms with Crippen molar-refractivity contribution in [2.75, 3.05) is 5.32 Å². The minimum absolute atomic E-state index is 0.244. The maximum absolute atomic E-state index is 12.5. The number of rotatable bonds is 3. The molecule has 1 N–H and O–H groups in total. The number of aromatic nitrogens is 3. The molecule has 4 rings (SSSR count). The second-order valence-electron chi connectivity index (χ2n) is 5.94. The van der Waals surface area contributed by atoms with Crippen LogP contribution in [0, 0.1) is 11.3 Å². The number of halogens is 1. The summed E-state index contributed by atoms with van der Waals surface area (Å²) >= 11 is 6.22. The summed E-state index contributed by atoms with van der Waals surface area (Å²) in [5, 5.41) is 12.7. The summed E-state index contributed by atoms with van der Waals surface area (Å²) in [4.78, 5) is 25.3. The van der Waals surface area contributed by atoms with E-state index in [1.165, 1.54) is 6.20 Å².